The van der Waals surface area contributed by atoms with Crippen molar-refractivity contribution in [3.8, 4) is 0 Å². The Morgan fingerprint density at radius 3 is 2.26 bits per heavy atom. The summed E-state index contributed by atoms with van der Waals surface area (Å²) in [4.78, 5) is 27.6. The maximum atomic E-state index is 13.1. The predicted octanol–water partition coefficient (Wildman–Crippen LogP) is 6.58. The summed E-state index contributed by atoms with van der Waals surface area (Å²) in [6.07, 6.45) is 0. The van der Waals surface area contributed by atoms with Crippen LogP contribution in [0.25, 0.3) is 5.76 Å². The SMILES string of the molecule is Cc1cccc(N2C(=O)C(=O)/C(=C(\O)c3ccc(Cl)cc3)C2c2ccc(Cl)c(Cl)c2)c1. The first kappa shape index (κ1) is 21.4. The van der Waals surface area contributed by atoms with Gasteiger partial charge in [-0.25, -0.2) is 0 Å². The van der Waals surface area contributed by atoms with Crippen LogP contribution < -0.4 is 4.90 Å². The highest BCUT2D eigenvalue weighted by Crippen LogP contribution is 2.43. The molecule has 0 spiro atoms. The van der Waals surface area contributed by atoms with Crippen LogP contribution in [0.4, 0.5) is 5.69 Å². The summed E-state index contributed by atoms with van der Waals surface area (Å²) < 4.78 is 0. The van der Waals surface area contributed by atoms with E-state index in [0.717, 1.165) is 5.56 Å². The predicted molar refractivity (Wildman–Crippen MR) is 124 cm³/mol. The molecule has 1 saturated heterocycles. The van der Waals surface area contributed by atoms with Crippen LogP contribution in [-0.2, 0) is 9.59 Å². The molecule has 156 valence electrons. The first-order valence-electron chi connectivity index (χ1n) is 9.36. The Morgan fingerprint density at radius 1 is 0.903 bits per heavy atom. The van der Waals surface area contributed by atoms with E-state index in [1.165, 1.54) is 4.90 Å². The molecule has 0 radical (unpaired) electrons. The maximum absolute atomic E-state index is 13.1. The van der Waals surface area contributed by atoms with Gasteiger partial charge in [-0.15, -0.1) is 0 Å². The lowest BCUT2D eigenvalue weighted by atomic mass is 9.95. The minimum absolute atomic E-state index is 0.0350. The molecule has 0 bridgehead atoms. The fourth-order valence-corrected chi connectivity index (χ4v) is 4.07. The van der Waals surface area contributed by atoms with Gasteiger partial charge in [-0.3, -0.25) is 14.5 Å². The molecule has 1 heterocycles. The number of amides is 1. The number of aliphatic hydroxyl groups is 1. The van der Waals surface area contributed by atoms with Crippen molar-refractivity contribution in [2.75, 3.05) is 4.90 Å². The normalized spacial score (nSPS) is 17.9. The molecule has 31 heavy (non-hydrogen) atoms. The highest BCUT2D eigenvalue weighted by molar-refractivity contribution is 6.52. The standard InChI is InChI=1S/C24H16Cl3NO3/c1-13-3-2-4-17(11-13)28-21(15-7-10-18(26)19(27)12-15)20(23(30)24(28)31)22(29)14-5-8-16(25)9-6-14/h2-12,21,29H,1H3/b22-20-. The van der Waals surface area contributed by atoms with Crippen LogP contribution in [0.15, 0.2) is 72.3 Å². The number of carbonyl (C=O) groups excluding carboxylic acids is 2. The van der Waals surface area contributed by atoms with Gasteiger partial charge in [-0.2, -0.15) is 0 Å². The number of benzene rings is 3. The van der Waals surface area contributed by atoms with Gasteiger partial charge in [0.05, 0.1) is 21.7 Å². The van der Waals surface area contributed by atoms with Crippen molar-refractivity contribution in [2.24, 2.45) is 0 Å². The first-order chi connectivity index (χ1) is 14.8. The average Bonchev–Trinajstić information content (AvgIpc) is 3.01. The van der Waals surface area contributed by atoms with Gasteiger partial charge in [0.25, 0.3) is 11.7 Å². The zero-order valence-electron chi connectivity index (χ0n) is 16.3. The van der Waals surface area contributed by atoms with Crippen molar-refractivity contribution in [1.29, 1.82) is 0 Å². The first-order valence-corrected chi connectivity index (χ1v) is 10.5. The molecule has 7 heteroatoms. The van der Waals surface area contributed by atoms with Crippen molar-refractivity contribution in [3.63, 3.8) is 0 Å². The molecule has 0 aromatic heterocycles. The second-order valence-corrected chi connectivity index (χ2v) is 8.44. The van der Waals surface area contributed by atoms with E-state index >= 15 is 0 Å². The molecule has 1 fully saturated rings. The monoisotopic (exact) mass is 471 g/mol. The summed E-state index contributed by atoms with van der Waals surface area (Å²) in [5.41, 5.74) is 2.34. The highest BCUT2D eigenvalue weighted by Gasteiger charge is 2.47. The zero-order chi connectivity index (χ0) is 22.3. The summed E-state index contributed by atoms with van der Waals surface area (Å²) in [5.74, 6) is -1.82. The summed E-state index contributed by atoms with van der Waals surface area (Å²) >= 11 is 18.3. The van der Waals surface area contributed by atoms with Gasteiger partial charge in [-0.05, 0) is 66.6 Å². The van der Waals surface area contributed by atoms with Crippen molar-refractivity contribution in [2.45, 2.75) is 13.0 Å². The van der Waals surface area contributed by atoms with Gasteiger partial charge >= 0.3 is 0 Å². The molecule has 3 aromatic carbocycles. The second kappa shape index (κ2) is 8.39. The molecule has 4 rings (SSSR count). The molecule has 1 amide bonds. The summed E-state index contributed by atoms with van der Waals surface area (Å²) in [5, 5.41) is 12.2. The van der Waals surface area contributed by atoms with Crippen molar-refractivity contribution in [3.05, 3.63) is 104 Å². The third-order valence-electron chi connectivity index (χ3n) is 5.10. The third-order valence-corrected chi connectivity index (χ3v) is 6.09. The van der Waals surface area contributed by atoms with Crippen LogP contribution >= 0.6 is 34.8 Å². The second-order valence-electron chi connectivity index (χ2n) is 7.19. The van der Waals surface area contributed by atoms with Gasteiger partial charge < -0.3 is 5.11 Å². The van der Waals surface area contributed by atoms with E-state index in [1.54, 1.807) is 60.7 Å². The third kappa shape index (κ3) is 3.94. The molecule has 1 N–H and O–H groups in total. The van der Waals surface area contributed by atoms with Crippen LogP contribution in [0, 0.1) is 6.92 Å². The molecule has 1 atom stereocenters. The fourth-order valence-electron chi connectivity index (χ4n) is 3.64. The Labute approximate surface area is 194 Å². The molecule has 1 aliphatic rings. The number of aliphatic hydroxyl groups excluding tert-OH is 1. The molecule has 1 unspecified atom stereocenters. The van der Waals surface area contributed by atoms with E-state index in [-0.39, 0.29) is 16.4 Å². The van der Waals surface area contributed by atoms with Gasteiger partial charge in [0.2, 0.25) is 0 Å². The fraction of sp³-hybridized carbons (Fsp3) is 0.0833. The van der Waals surface area contributed by atoms with E-state index in [2.05, 4.69) is 0 Å². The quantitative estimate of drug-likeness (QED) is 0.266. The highest BCUT2D eigenvalue weighted by atomic mass is 35.5. The van der Waals surface area contributed by atoms with Crippen LogP contribution in [0.3, 0.4) is 0 Å². The number of Topliss-reactive ketones (excluding diaryl/α,β-unsaturated/α-hetero) is 1. The van der Waals surface area contributed by atoms with Gasteiger partial charge in [0.15, 0.2) is 0 Å². The number of hydrogen-bond acceptors (Lipinski definition) is 3. The molecular formula is C24H16Cl3NO3. The van der Waals surface area contributed by atoms with Crippen LogP contribution in [-0.4, -0.2) is 16.8 Å². The van der Waals surface area contributed by atoms with Crippen molar-refractivity contribution in [1.82, 2.24) is 0 Å². The number of aryl methyl sites for hydroxylation is 1. The minimum atomic E-state index is -0.882. The lowest BCUT2D eigenvalue weighted by Gasteiger charge is -2.26. The molecule has 1 aliphatic heterocycles. The number of anilines is 1. The topological polar surface area (TPSA) is 57.6 Å². The smallest absolute Gasteiger partial charge is 0.300 e. The van der Waals surface area contributed by atoms with E-state index < -0.39 is 17.7 Å². The van der Waals surface area contributed by atoms with Crippen molar-refractivity contribution >= 4 is 57.9 Å². The van der Waals surface area contributed by atoms with E-state index in [1.807, 2.05) is 13.0 Å². The zero-order valence-corrected chi connectivity index (χ0v) is 18.5. The number of nitrogens with zero attached hydrogens (tertiary/aromatic N) is 1. The number of ketones is 1. The largest absolute Gasteiger partial charge is 0.507 e. The summed E-state index contributed by atoms with van der Waals surface area (Å²) in [6.45, 7) is 1.89. The Hall–Kier alpha value is -2.79. The molecule has 4 nitrogen and oxygen atoms in total. The number of hydrogen-bond donors (Lipinski definition) is 1. The van der Waals surface area contributed by atoms with Crippen LogP contribution in [0.2, 0.25) is 15.1 Å². The Kier molecular flexibility index (Phi) is 5.80. The maximum Gasteiger partial charge on any atom is 0.300 e. The Morgan fingerprint density at radius 2 is 1.61 bits per heavy atom. The van der Waals surface area contributed by atoms with Crippen LogP contribution in [0.1, 0.15) is 22.7 Å². The molecular weight excluding hydrogens is 457 g/mol. The van der Waals surface area contributed by atoms with Crippen LogP contribution in [0.5, 0.6) is 0 Å². The van der Waals surface area contributed by atoms with Gasteiger partial charge in [0.1, 0.15) is 5.76 Å². The van der Waals surface area contributed by atoms with Gasteiger partial charge in [0, 0.05) is 16.3 Å². The molecule has 3 aromatic rings. The van der Waals surface area contributed by atoms with E-state index in [4.69, 9.17) is 34.8 Å². The Bertz CT molecular complexity index is 1240. The average molecular weight is 473 g/mol. The number of halogens is 3. The lowest BCUT2D eigenvalue weighted by molar-refractivity contribution is -0.132. The van der Waals surface area contributed by atoms with Crippen molar-refractivity contribution < 1.29 is 14.7 Å². The molecule has 0 aliphatic carbocycles. The lowest BCUT2D eigenvalue weighted by Crippen LogP contribution is -2.29. The minimum Gasteiger partial charge on any atom is -0.507 e. The number of carbonyl (C=O) groups is 2. The van der Waals surface area contributed by atoms with E-state index in [9.17, 15) is 14.7 Å². The van der Waals surface area contributed by atoms with Gasteiger partial charge in [-0.1, -0.05) is 53.0 Å². The molecule has 0 saturated carbocycles. The van der Waals surface area contributed by atoms with E-state index in [0.29, 0.717) is 26.9 Å². The Balaban J connectivity index is 1.97. The number of rotatable bonds is 3. The summed E-state index contributed by atoms with van der Waals surface area (Å²) in [6, 6.07) is 17.6. The summed E-state index contributed by atoms with van der Waals surface area (Å²) in [7, 11) is 0.